The minimum Gasteiger partial charge on any atom is -0.378 e. The zero-order chi connectivity index (χ0) is 9.86. The molecular formula is C12H23NO. The van der Waals surface area contributed by atoms with E-state index in [0.29, 0.717) is 11.6 Å². The summed E-state index contributed by atoms with van der Waals surface area (Å²) in [7, 11) is 0. The molecule has 2 nitrogen and oxygen atoms in total. The van der Waals surface area contributed by atoms with Crippen LogP contribution in [0.25, 0.3) is 0 Å². The zero-order valence-corrected chi connectivity index (χ0v) is 9.35. The molecule has 2 heteroatoms. The molecule has 0 aromatic rings. The van der Waals surface area contributed by atoms with Crippen LogP contribution in [0.15, 0.2) is 0 Å². The van der Waals surface area contributed by atoms with E-state index in [0.717, 1.165) is 6.61 Å². The first-order valence-electron chi connectivity index (χ1n) is 6.21. The van der Waals surface area contributed by atoms with Crippen molar-refractivity contribution in [3.05, 3.63) is 0 Å². The molecule has 2 fully saturated rings. The lowest BCUT2D eigenvalue weighted by atomic mass is 9.87. The van der Waals surface area contributed by atoms with Gasteiger partial charge in [-0.15, -0.1) is 0 Å². The van der Waals surface area contributed by atoms with Gasteiger partial charge < -0.3 is 10.1 Å². The number of hydrogen-bond donors (Lipinski definition) is 1. The van der Waals surface area contributed by atoms with Gasteiger partial charge in [-0.25, -0.2) is 0 Å². The summed E-state index contributed by atoms with van der Waals surface area (Å²) >= 11 is 0. The van der Waals surface area contributed by atoms with E-state index in [1.807, 2.05) is 0 Å². The van der Waals surface area contributed by atoms with Crippen LogP contribution in [0.1, 0.15) is 51.9 Å². The second kappa shape index (κ2) is 4.63. The third kappa shape index (κ3) is 2.29. The van der Waals surface area contributed by atoms with Crippen LogP contribution in [0.4, 0.5) is 0 Å². The average molecular weight is 197 g/mol. The van der Waals surface area contributed by atoms with Gasteiger partial charge in [-0.2, -0.15) is 0 Å². The predicted octanol–water partition coefficient (Wildman–Crippen LogP) is 2.48. The number of hydrogen-bond acceptors (Lipinski definition) is 2. The van der Waals surface area contributed by atoms with Crippen LogP contribution < -0.4 is 5.32 Å². The summed E-state index contributed by atoms with van der Waals surface area (Å²) in [6.45, 7) is 4.53. The Morgan fingerprint density at radius 3 is 2.93 bits per heavy atom. The van der Waals surface area contributed by atoms with Crippen molar-refractivity contribution in [3.8, 4) is 0 Å². The van der Waals surface area contributed by atoms with E-state index in [-0.39, 0.29) is 0 Å². The molecule has 0 saturated carbocycles. The molecular weight excluding hydrogens is 174 g/mol. The summed E-state index contributed by atoms with van der Waals surface area (Å²) < 4.78 is 5.67. The first kappa shape index (κ1) is 10.4. The molecule has 0 radical (unpaired) electrons. The minimum absolute atomic E-state index is 0.464. The molecule has 82 valence electrons. The molecule has 0 spiro atoms. The van der Waals surface area contributed by atoms with Crippen LogP contribution >= 0.6 is 0 Å². The van der Waals surface area contributed by atoms with Crippen molar-refractivity contribution in [2.75, 3.05) is 13.2 Å². The normalized spacial score (nSPS) is 37.9. The van der Waals surface area contributed by atoms with Gasteiger partial charge in [0.1, 0.15) is 0 Å². The number of nitrogens with one attached hydrogen (secondary N) is 1. The maximum absolute atomic E-state index is 5.67. The standard InChI is InChI=1S/C12H23NO/c1-2-12(7-4-9-13-12)8-6-11-5-3-10-14-11/h11,13H,2-10H2,1H3. The predicted molar refractivity (Wildman–Crippen MR) is 58.5 cm³/mol. The van der Waals surface area contributed by atoms with Crippen LogP contribution in [-0.4, -0.2) is 24.8 Å². The van der Waals surface area contributed by atoms with Crippen LogP contribution in [-0.2, 0) is 4.74 Å². The molecule has 0 aliphatic carbocycles. The molecule has 0 aromatic carbocycles. The quantitative estimate of drug-likeness (QED) is 0.747. The topological polar surface area (TPSA) is 21.3 Å². The monoisotopic (exact) mass is 197 g/mol. The van der Waals surface area contributed by atoms with Gasteiger partial charge in [0.2, 0.25) is 0 Å². The first-order valence-corrected chi connectivity index (χ1v) is 6.21. The molecule has 0 aromatic heterocycles. The van der Waals surface area contributed by atoms with E-state index in [4.69, 9.17) is 4.74 Å². The minimum atomic E-state index is 0.464. The van der Waals surface area contributed by atoms with E-state index in [2.05, 4.69) is 12.2 Å². The molecule has 14 heavy (non-hydrogen) atoms. The third-order valence-corrected chi connectivity index (χ3v) is 3.98. The first-order chi connectivity index (χ1) is 6.85. The van der Waals surface area contributed by atoms with Gasteiger partial charge in [0.25, 0.3) is 0 Å². The number of rotatable bonds is 4. The zero-order valence-electron chi connectivity index (χ0n) is 9.35. The Labute approximate surface area is 87.4 Å². The van der Waals surface area contributed by atoms with Gasteiger partial charge in [-0.1, -0.05) is 6.92 Å². The second-order valence-corrected chi connectivity index (χ2v) is 4.84. The summed E-state index contributed by atoms with van der Waals surface area (Å²) in [5.41, 5.74) is 0.464. The summed E-state index contributed by atoms with van der Waals surface area (Å²) in [5, 5.41) is 3.69. The lowest BCUT2D eigenvalue weighted by Gasteiger charge is -2.29. The lowest BCUT2D eigenvalue weighted by molar-refractivity contribution is 0.0938. The highest BCUT2D eigenvalue weighted by Gasteiger charge is 2.32. The molecule has 0 bridgehead atoms. The molecule has 2 atom stereocenters. The van der Waals surface area contributed by atoms with Crippen molar-refractivity contribution in [3.63, 3.8) is 0 Å². The highest BCUT2D eigenvalue weighted by Crippen LogP contribution is 2.30. The van der Waals surface area contributed by atoms with Crippen LogP contribution in [0, 0.1) is 0 Å². The van der Waals surface area contributed by atoms with E-state index >= 15 is 0 Å². The highest BCUT2D eigenvalue weighted by molar-refractivity contribution is 4.92. The van der Waals surface area contributed by atoms with Gasteiger partial charge in [-0.3, -0.25) is 0 Å². The van der Waals surface area contributed by atoms with Crippen molar-refractivity contribution >= 4 is 0 Å². The Morgan fingerprint density at radius 2 is 2.36 bits per heavy atom. The summed E-state index contributed by atoms with van der Waals surface area (Å²) in [6.07, 6.45) is 9.72. The van der Waals surface area contributed by atoms with Crippen molar-refractivity contribution in [1.82, 2.24) is 5.32 Å². The Hall–Kier alpha value is -0.0800. The van der Waals surface area contributed by atoms with Crippen LogP contribution in [0.2, 0.25) is 0 Å². The maximum atomic E-state index is 5.67. The van der Waals surface area contributed by atoms with E-state index in [9.17, 15) is 0 Å². The molecule has 1 N–H and O–H groups in total. The Balaban J connectivity index is 1.76. The van der Waals surface area contributed by atoms with Gasteiger partial charge in [0, 0.05) is 12.1 Å². The molecule has 2 aliphatic heterocycles. The maximum Gasteiger partial charge on any atom is 0.0576 e. The van der Waals surface area contributed by atoms with Gasteiger partial charge in [-0.05, 0) is 51.5 Å². The molecule has 2 heterocycles. The largest absolute Gasteiger partial charge is 0.378 e. The highest BCUT2D eigenvalue weighted by atomic mass is 16.5. The fourth-order valence-corrected chi connectivity index (χ4v) is 2.87. The molecule has 2 unspecified atom stereocenters. The molecule has 2 rings (SSSR count). The number of ether oxygens (including phenoxy) is 1. The van der Waals surface area contributed by atoms with E-state index in [1.165, 1.54) is 51.5 Å². The molecule has 2 saturated heterocycles. The SMILES string of the molecule is CCC1(CCC2CCCO2)CCCN1. The third-order valence-electron chi connectivity index (χ3n) is 3.98. The second-order valence-electron chi connectivity index (χ2n) is 4.84. The van der Waals surface area contributed by atoms with Crippen LogP contribution in [0.5, 0.6) is 0 Å². The lowest BCUT2D eigenvalue weighted by Crippen LogP contribution is -2.39. The van der Waals surface area contributed by atoms with Gasteiger partial charge in [0.15, 0.2) is 0 Å². The smallest absolute Gasteiger partial charge is 0.0576 e. The van der Waals surface area contributed by atoms with Crippen molar-refractivity contribution in [2.24, 2.45) is 0 Å². The summed E-state index contributed by atoms with van der Waals surface area (Å²) in [5.74, 6) is 0. The molecule has 0 amide bonds. The Kier molecular flexibility index (Phi) is 3.45. The van der Waals surface area contributed by atoms with E-state index < -0.39 is 0 Å². The fraction of sp³-hybridized carbons (Fsp3) is 1.00. The molecule has 2 aliphatic rings. The van der Waals surface area contributed by atoms with Gasteiger partial charge in [0.05, 0.1) is 6.10 Å². The Morgan fingerprint density at radius 1 is 1.43 bits per heavy atom. The van der Waals surface area contributed by atoms with Gasteiger partial charge >= 0.3 is 0 Å². The van der Waals surface area contributed by atoms with Crippen molar-refractivity contribution in [2.45, 2.75) is 63.5 Å². The Bertz CT molecular complexity index is 169. The summed E-state index contributed by atoms with van der Waals surface area (Å²) in [4.78, 5) is 0. The van der Waals surface area contributed by atoms with E-state index in [1.54, 1.807) is 0 Å². The van der Waals surface area contributed by atoms with Crippen molar-refractivity contribution in [1.29, 1.82) is 0 Å². The fourth-order valence-electron chi connectivity index (χ4n) is 2.87. The van der Waals surface area contributed by atoms with Crippen LogP contribution in [0.3, 0.4) is 0 Å². The average Bonchev–Trinajstić information content (AvgIpc) is 2.87. The summed E-state index contributed by atoms with van der Waals surface area (Å²) in [6, 6.07) is 0. The van der Waals surface area contributed by atoms with Crippen molar-refractivity contribution < 1.29 is 4.74 Å².